The van der Waals surface area contributed by atoms with E-state index < -0.39 is 0 Å². The monoisotopic (exact) mass is 262 g/mol. The van der Waals surface area contributed by atoms with Crippen molar-refractivity contribution >= 4 is 12.0 Å². The van der Waals surface area contributed by atoms with E-state index in [9.17, 15) is 4.79 Å². The van der Waals surface area contributed by atoms with E-state index in [0.29, 0.717) is 6.42 Å². The molecular formula is C15H22N2O2. The van der Waals surface area contributed by atoms with Gasteiger partial charge >= 0.3 is 0 Å². The van der Waals surface area contributed by atoms with Crippen molar-refractivity contribution in [3.05, 3.63) is 29.8 Å². The van der Waals surface area contributed by atoms with Crippen molar-refractivity contribution in [2.75, 3.05) is 21.2 Å². The fourth-order valence-corrected chi connectivity index (χ4v) is 1.66. The first-order valence-electron chi connectivity index (χ1n) is 6.50. The number of methoxy groups -OCH3 is 1. The largest absolute Gasteiger partial charge is 0.497 e. The maximum absolute atomic E-state index is 11.9. The zero-order valence-corrected chi connectivity index (χ0v) is 11.9. The van der Waals surface area contributed by atoms with Crippen molar-refractivity contribution in [1.82, 2.24) is 5.01 Å². The molecule has 0 aliphatic heterocycles. The summed E-state index contributed by atoms with van der Waals surface area (Å²) in [6.45, 7) is 0. The van der Waals surface area contributed by atoms with Crippen molar-refractivity contribution < 1.29 is 9.53 Å². The molecular weight excluding hydrogens is 240 g/mol. The molecule has 4 nitrogen and oxygen atoms in total. The van der Waals surface area contributed by atoms with Gasteiger partial charge in [0.2, 0.25) is 0 Å². The van der Waals surface area contributed by atoms with E-state index in [1.165, 1.54) is 0 Å². The summed E-state index contributed by atoms with van der Waals surface area (Å²) in [5.41, 5.74) is 0.753. The number of ether oxygens (including phenoxy) is 1. The van der Waals surface area contributed by atoms with Gasteiger partial charge in [0.1, 0.15) is 5.75 Å². The molecule has 0 N–H and O–H groups in total. The highest BCUT2D eigenvalue weighted by Crippen LogP contribution is 2.14. The summed E-state index contributed by atoms with van der Waals surface area (Å²) in [7, 11) is 5.40. The third-order valence-electron chi connectivity index (χ3n) is 2.71. The summed E-state index contributed by atoms with van der Waals surface area (Å²) in [6, 6.07) is 7.26. The minimum atomic E-state index is 0.187. The molecule has 0 aliphatic rings. The summed E-state index contributed by atoms with van der Waals surface area (Å²) < 4.78 is 5.06. The summed E-state index contributed by atoms with van der Waals surface area (Å²) in [4.78, 5) is 11.9. The Morgan fingerprint density at radius 1 is 1.26 bits per heavy atom. The summed E-state index contributed by atoms with van der Waals surface area (Å²) in [6.07, 6.45) is 5.26. The van der Waals surface area contributed by atoms with Gasteiger partial charge in [-0.15, -0.1) is 0 Å². The number of nitrogens with zero attached hydrogens (tertiary/aromatic N) is 2. The third-order valence-corrected chi connectivity index (χ3v) is 2.71. The highest BCUT2D eigenvalue weighted by atomic mass is 16.5. The molecule has 0 saturated heterocycles. The second kappa shape index (κ2) is 8.29. The molecule has 0 unspecified atom stereocenters. The summed E-state index contributed by atoms with van der Waals surface area (Å²) >= 11 is 0. The number of benzene rings is 1. The van der Waals surface area contributed by atoms with Crippen LogP contribution in [0.3, 0.4) is 0 Å². The fourth-order valence-electron chi connectivity index (χ4n) is 1.66. The van der Waals surface area contributed by atoms with Crippen LogP contribution in [0.4, 0.5) is 0 Å². The SMILES string of the molecule is COc1ccc(C(=O)CCCC/C=N\N(C)C)cc1. The van der Waals surface area contributed by atoms with Crippen LogP contribution in [0.25, 0.3) is 0 Å². The Balaban J connectivity index is 2.27. The third kappa shape index (κ3) is 6.04. The predicted molar refractivity (Wildman–Crippen MR) is 78.0 cm³/mol. The molecule has 4 heteroatoms. The number of carbonyl (C=O) groups excluding carboxylic acids is 1. The van der Waals surface area contributed by atoms with Crippen LogP contribution in [0.5, 0.6) is 5.75 Å². The van der Waals surface area contributed by atoms with Crippen LogP contribution in [-0.4, -0.2) is 38.2 Å². The number of Topliss-reactive ketones (excluding diaryl/α,β-unsaturated/α-hetero) is 1. The summed E-state index contributed by atoms with van der Waals surface area (Å²) in [5, 5.41) is 5.89. The van der Waals surface area contributed by atoms with Crippen LogP contribution in [0, 0.1) is 0 Å². The standard InChI is InChI=1S/C15H22N2O2/c1-17(2)16-12-6-4-5-7-15(18)13-8-10-14(19-3)11-9-13/h8-12H,4-7H2,1-3H3/b16-12-. The van der Waals surface area contributed by atoms with Gasteiger partial charge in [-0.25, -0.2) is 0 Å². The van der Waals surface area contributed by atoms with Gasteiger partial charge in [-0.2, -0.15) is 5.10 Å². The average molecular weight is 262 g/mol. The lowest BCUT2D eigenvalue weighted by Gasteiger charge is -2.03. The van der Waals surface area contributed by atoms with E-state index in [2.05, 4.69) is 5.10 Å². The highest BCUT2D eigenvalue weighted by Gasteiger charge is 2.05. The smallest absolute Gasteiger partial charge is 0.162 e. The predicted octanol–water partition coefficient (Wildman–Crippen LogP) is 2.99. The van der Waals surface area contributed by atoms with E-state index in [1.807, 2.05) is 44.6 Å². The Kier molecular flexibility index (Phi) is 6.64. The Labute approximate surface area is 115 Å². The molecule has 1 aromatic rings. The minimum absolute atomic E-state index is 0.187. The minimum Gasteiger partial charge on any atom is -0.497 e. The lowest BCUT2D eigenvalue weighted by molar-refractivity contribution is 0.0979. The van der Waals surface area contributed by atoms with Crippen LogP contribution in [-0.2, 0) is 0 Å². The van der Waals surface area contributed by atoms with Crippen LogP contribution in [0.15, 0.2) is 29.4 Å². The highest BCUT2D eigenvalue weighted by molar-refractivity contribution is 5.96. The number of ketones is 1. The Hall–Kier alpha value is -1.84. The molecule has 19 heavy (non-hydrogen) atoms. The molecule has 0 fully saturated rings. The molecule has 0 bridgehead atoms. The number of hydrogen-bond donors (Lipinski definition) is 0. The lowest BCUT2D eigenvalue weighted by Crippen LogP contribution is -2.02. The van der Waals surface area contributed by atoms with Crippen LogP contribution < -0.4 is 4.74 Å². The van der Waals surface area contributed by atoms with Gasteiger partial charge in [-0.3, -0.25) is 4.79 Å². The molecule has 104 valence electrons. The summed E-state index contributed by atoms with van der Waals surface area (Å²) in [5.74, 6) is 0.962. The molecule has 0 aromatic heterocycles. The molecule has 1 aromatic carbocycles. The van der Waals surface area contributed by atoms with Crippen LogP contribution in [0.1, 0.15) is 36.0 Å². The molecule has 0 amide bonds. The first-order valence-corrected chi connectivity index (χ1v) is 6.50. The van der Waals surface area contributed by atoms with E-state index in [-0.39, 0.29) is 5.78 Å². The second-order valence-electron chi connectivity index (χ2n) is 4.54. The molecule has 0 radical (unpaired) electrons. The van der Waals surface area contributed by atoms with Gasteiger partial charge in [-0.1, -0.05) is 0 Å². The Bertz CT molecular complexity index is 411. The first-order chi connectivity index (χ1) is 9.13. The second-order valence-corrected chi connectivity index (χ2v) is 4.54. The number of hydrogen-bond acceptors (Lipinski definition) is 4. The number of carbonyl (C=O) groups is 1. The van der Waals surface area contributed by atoms with E-state index in [0.717, 1.165) is 30.6 Å². The maximum atomic E-state index is 11.9. The van der Waals surface area contributed by atoms with Crippen LogP contribution >= 0.6 is 0 Å². The van der Waals surface area contributed by atoms with Crippen molar-refractivity contribution in [1.29, 1.82) is 0 Å². The first kappa shape index (κ1) is 15.2. The Morgan fingerprint density at radius 3 is 2.53 bits per heavy atom. The van der Waals surface area contributed by atoms with Gasteiger partial charge < -0.3 is 9.75 Å². The average Bonchev–Trinajstić information content (AvgIpc) is 2.42. The van der Waals surface area contributed by atoms with Crippen molar-refractivity contribution in [3.8, 4) is 5.75 Å². The maximum Gasteiger partial charge on any atom is 0.162 e. The molecule has 0 atom stereocenters. The topological polar surface area (TPSA) is 41.9 Å². The van der Waals surface area contributed by atoms with Crippen molar-refractivity contribution in [3.63, 3.8) is 0 Å². The number of unbranched alkanes of at least 4 members (excludes halogenated alkanes) is 2. The zero-order chi connectivity index (χ0) is 14.1. The van der Waals surface area contributed by atoms with Gasteiger partial charge in [0.05, 0.1) is 7.11 Å². The van der Waals surface area contributed by atoms with E-state index in [4.69, 9.17) is 4.74 Å². The van der Waals surface area contributed by atoms with Crippen molar-refractivity contribution in [2.45, 2.75) is 25.7 Å². The van der Waals surface area contributed by atoms with Gasteiger partial charge in [0, 0.05) is 32.3 Å². The zero-order valence-electron chi connectivity index (χ0n) is 11.9. The molecule has 1 rings (SSSR count). The number of rotatable bonds is 8. The molecule has 0 spiro atoms. The van der Waals surface area contributed by atoms with Gasteiger partial charge in [0.15, 0.2) is 5.78 Å². The van der Waals surface area contributed by atoms with E-state index in [1.54, 1.807) is 12.1 Å². The number of hydrazone groups is 1. The molecule has 0 heterocycles. The molecule has 0 saturated carbocycles. The molecule has 0 aliphatic carbocycles. The van der Waals surface area contributed by atoms with Gasteiger partial charge in [-0.05, 0) is 43.5 Å². The van der Waals surface area contributed by atoms with Gasteiger partial charge in [0.25, 0.3) is 0 Å². The van der Waals surface area contributed by atoms with E-state index >= 15 is 0 Å². The quantitative estimate of drug-likeness (QED) is 0.313. The van der Waals surface area contributed by atoms with Crippen molar-refractivity contribution in [2.24, 2.45) is 5.10 Å². The fraction of sp³-hybridized carbons (Fsp3) is 0.467. The normalized spacial score (nSPS) is 10.7. The van der Waals surface area contributed by atoms with Crippen LogP contribution in [0.2, 0.25) is 0 Å². The Morgan fingerprint density at radius 2 is 1.95 bits per heavy atom. The lowest BCUT2D eigenvalue weighted by atomic mass is 10.0.